The first-order valence-electron chi connectivity index (χ1n) is 18.2. The fraction of sp³-hybridized carbons (Fsp3) is 0.459. The number of aryl methyl sites for hydroxylation is 3. The second kappa shape index (κ2) is 12.8. The lowest BCUT2D eigenvalue weighted by Gasteiger charge is -2.49. The van der Waals surface area contributed by atoms with E-state index >= 15 is 0 Å². The average molecular weight is 609 g/mol. The van der Waals surface area contributed by atoms with Gasteiger partial charge < -0.3 is 18.9 Å². The maximum atomic E-state index is 9.02. The van der Waals surface area contributed by atoms with Gasteiger partial charge in [-0.05, 0) is 139 Å². The van der Waals surface area contributed by atoms with Gasteiger partial charge in [0.25, 0.3) is 0 Å². The van der Waals surface area contributed by atoms with E-state index in [9.17, 15) is 0 Å². The summed E-state index contributed by atoms with van der Waals surface area (Å²) in [4.78, 5) is 2.39. The Labute approximate surface area is 271 Å². The van der Waals surface area contributed by atoms with Gasteiger partial charge in [-0.25, -0.2) is 0 Å². The number of methoxy groups -OCH3 is 1. The standard InChI is InChI=1S/C37H47NO4S/c1-10-40-28-13-15-30(23(2)18-28)36-35(31-20-25(4)33(39-9)21-34(31)43-36)42-32-16-14-29(19-24(32)3)41-22-27(6)38-26(5)12-11-17-37(38,7)8/h13-16,18-21,26-27H,10-12,17,22H2,1-9H3/i11D2,12D2,17D2,26D. The Morgan fingerprint density at radius 2 is 1.70 bits per heavy atom. The molecule has 5 rings (SSSR count). The van der Waals surface area contributed by atoms with Crippen LogP contribution in [-0.2, 0) is 0 Å². The van der Waals surface area contributed by atoms with Gasteiger partial charge in [0, 0.05) is 37.3 Å². The molecule has 3 aromatic carbocycles. The van der Waals surface area contributed by atoms with Crippen LogP contribution in [0, 0.1) is 20.8 Å². The van der Waals surface area contributed by atoms with E-state index in [1.165, 1.54) is 25.7 Å². The van der Waals surface area contributed by atoms with Crippen molar-refractivity contribution in [2.75, 3.05) is 20.3 Å². The fourth-order valence-electron chi connectivity index (χ4n) is 5.78. The Balaban J connectivity index is 1.44. The second-order valence-electron chi connectivity index (χ2n) is 11.6. The molecule has 1 aliphatic heterocycles. The Morgan fingerprint density at radius 1 is 1.00 bits per heavy atom. The molecule has 0 radical (unpaired) electrons. The van der Waals surface area contributed by atoms with E-state index in [0.29, 0.717) is 18.1 Å². The number of hydrogen-bond acceptors (Lipinski definition) is 6. The molecule has 1 saturated heterocycles. The molecule has 0 N–H and O–H groups in total. The Hall–Kier alpha value is -3.22. The van der Waals surface area contributed by atoms with Gasteiger partial charge in [0.1, 0.15) is 29.6 Å². The molecule has 0 spiro atoms. The molecule has 4 aromatic rings. The first-order valence-corrected chi connectivity index (χ1v) is 15.5. The van der Waals surface area contributed by atoms with Crippen LogP contribution in [0.1, 0.15) is 80.0 Å². The number of hydrogen-bond donors (Lipinski definition) is 0. The van der Waals surface area contributed by atoms with Crippen LogP contribution >= 0.6 is 11.3 Å². The van der Waals surface area contributed by atoms with Gasteiger partial charge in [-0.15, -0.1) is 11.3 Å². The topological polar surface area (TPSA) is 40.2 Å². The molecule has 2 atom stereocenters. The summed E-state index contributed by atoms with van der Waals surface area (Å²) >= 11 is 1.63. The van der Waals surface area contributed by atoms with Crippen molar-refractivity contribution in [1.82, 2.24) is 4.90 Å². The minimum absolute atomic E-state index is 0.0180. The van der Waals surface area contributed by atoms with Crippen LogP contribution in [0.5, 0.6) is 28.7 Å². The molecule has 1 aromatic heterocycles. The van der Waals surface area contributed by atoms with Gasteiger partial charge >= 0.3 is 0 Å². The second-order valence-corrected chi connectivity index (χ2v) is 12.6. The molecule has 1 aliphatic rings. The number of nitrogens with zero attached hydrogens (tertiary/aromatic N) is 1. The van der Waals surface area contributed by atoms with E-state index in [4.69, 9.17) is 28.5 Å². The maximum Gasteiger partial charge on any atom is 0.153 e. The normalized spacial score (nSPS) is 25.2. The van der Waals surface area contributed by atoms with Crippen LogP contribution in [0.2, 0.25) is 0 Å². The molecule has 1 fully saturated rings. The van der Waals surface area contributed by atoms with Gasteiger partial charge in [-0.2, -0.15) is 0 Å². The van der Waals surface area contributed by atoms with Crippen molar-refractivity contribution in [3.8, 4) is 39.2 Å². The highest BCUT2D eigenvalue weighted by Gasteiger charge is 2.37. The summed E-state index contributed by atoms with van der Waals surface area (Å²) in [5.41, 5.74) is 2.38. The molecule has 2 unspecified atom stereocenters. The molecule has 6 heteroatoms. The first kappa shape index (κ1) is 23.2. The number of benzene rings is 3. The SMILES string of the molecule is [2H]C1(C)N(C(C)COc2ccc(Oc3c(-c4ccc(OCC)cc4C)sc4cc(OC)c(C)cc34)c(C)c2)C(C)(C)C([2H])([2H])C([2H])([2H])C1([2H])[2H]. The minimum atomic E-state index is -2.91. The lowest BCUT2D eigenvalue weighted by atomic mass is 9.85. The first-order chi connectivity index (χ1) is 23.1. The van der Waals surface area contributed by atoms with Crippen molar-refractivity contribution < 1.29 is 28.5 Å². The van der Waals surface area contributed by atoms with E-state index in [2.05, 4.69) is 19.1 Å². The van der Waals surface area contributed by atoms with Crippen molar-refractivity contribution in [3.05, 3.63) is 65.2 Å². The molecule has 2 heterocycles. The summed E-state index contributed by atoms with van der Waals surface area (Å²) < 4.78 is 85.6. The predicted molar refractivity (Wildman–Crippen MR) is 180 cm³/mol. The number of thiophene rings is 1. The number of likely N-dealkylation sites (tertiary alicyclic amines) is 1. The number of fused-ring (bicyclic) bond motifs is 1. The van der Waals surface area contributed by atoms with Crippen molar-refractivity contribution in [1.29, 1.82) is 0 Å². The van der Waals surface area contributed by atoms with Gasteiger partial charge in [0.15, 0.2) is 5.75 Å². The largest absolute Gasteiger partial charge is 0.496 e. The monoisotopic (exact) mass is 608 g/mol. The molecule has 0 aliphatic carbocycles. The highest BCUT2D eigenvalue weighted by Crippen LogP contribution is 2.49. The summed E-state index contributed by atoms with van der Waals surface area (Å²) in [5, 5.41) is 0.969. The summed E-state index contributed by atoms with van der Waals surface area (Å²) in [6.07, 6.45) is -8.33. The Morgan fingerprint density at radius 3 is 2.40 bits per heavy atom. The Bertz CT molecular complexity index is 1880. The van der Waals surface area contributed by atoms with E-state index < -0.39 is 36.7 Å². The van der Waals surface area contributed by atoms with Crippen molar-refractivity contribution in [3.63, 3.8) is 0 Å². The van der Waals surface area contributed by atoms with Crippen LogP contribution in [0.3, 0.4) is 0 Å². The van der Waals surface area contributed by atoms with Crippen LogP contribution in [0.25, 0.3) is 20.5 Å². The molecular weight excluding hydrogens is 554 g/mol. The highest BCUT2D eigenvalue weighted by molar-refractivity contribution is 7.22. The van der Waals surface area contributed by atoms with Gasteiger partial charge in [0.2, 0.25) is 0 Å². The minimum Gasteiger partial charge on any atom is -0.496 e. The molecule has 43 heavy (non-hydrogen) atoms. The zero-order valence-electron chi connectivity index (χ0n) is 33.6. The molecule has 0 bridgehead atoms. The van der Waals surface area contributed by atoms with Crippen molar-refractivity contribution in [2.45, 2.75) is 92.1 Å². The van der Waals surface area contributed by atoms with Crippen molar-refractivity contribution >= 4 is 21.4 Å². The van der Waals surface area contributed by atoms with Crippen LogP contribution < -0.4 is 18.9 Å². The molecular formula is C37H47NO4S. The van der Waals surface area contributed by atoms with Crippen LogP contribution in [-0.4, -0.2) is 42.8 Å². The van der Waals surface area contributed by atoms with E-state index in [0.717, 1.165) is 54.5 Å². The lowest BCUT2D eigenvalue weighted by molar-refractivity contribution is -0.0169. The van der Waals surface area contributed by atoms with Gasteiger partial charge in [0.05, 0.1) is 18.6 Å². The zero-order chi connectivity index (χ0) is 37.2. The van der Waals surface area contributed by atoms with Gasteiger partial charge in [-0.1, -0.05) is 6.37 Å². The highest BCUT2D eigenvalue weighted by atomic mass is 32.1. The summed E-state index contributed by atoms with van der Waals surface area (Å²) in [6.45, 7) is 14.7. The zero-order valence-corrected chi connectivity index (χ0v) is 27.4. The average Bonchev–Trinajstić information content (AvgIpc) is 3.36. The summed E-state index contributed by atoms with van der Waals surface area (Å²) in [7, 11) is 1.67. The van der Waals surface area contributed by atoms with E-state index in [1.807, 2.05) is 51.1 Å². The third kappa shape index (κ3) is 6.51. The number of ether oxygens (including phenoxy) is 4. The van der Waals surface area contributed by atoms with Crippen LogP contribution in [0.4, 0.5) is 0 Å². The number of piperidine rings is 1. The van der Waals surface area contributed by atoms with E-state index in [-0.39, 0.29) is 6.61 Å². The van der Waals surface area contributed by atoms with Crippen LogP contribution in [0.15, 0.2) is 48.5 Å². The maximum absolute atomic E-state index is 9.02. The van der Waals surface area contributed by atoms with Gasteiger partial charge in [-0.3, -0.25) is 4.90 Å². The number of rotatable bonds is 10. The lowest BCUT2D eigenvalue weighted by Crippen LogP contribution is -2.57. The van der Waals surface area contributed by atoms with Crippen molar-refractivity contribution in [2.24, 2.45) is 0 Å². The molecule has 0 amide bonds. The Kier molecular flexibility index (Phi) is 6.90. The molecule has 0 saturated carbocycles. The third-order valence-electron chi connectivity index (χ3n) is 7.78. The molecule has 5 nitrogen and oxygen atoms in total. The summed E-state index contributed by atoms with van der Waals surface area (Å²) in [5.74, 6) is 3.52. The molecule has 230 valence electrons. The predicted octanol–water partition coefficient (Wildman–Crippen LogP) is 10.1. The van der Waals surface area contributed by atoms with E-state index in [1.54, 1.807) is 31.4 Å². The third-order valence-corrected chi connectivity index (χ3v) is 8.95. The fourth-order valence-corrected chi connectivity index (χ4v) is 7.01. The quantitative estimate of drug-likeness (QED) is 0.179. The summed E-state index contributed by atoms with van der Waals surface area (Å²) in [6, 6.07) is 12.9. The smallest absolute Gasteiger partial charge is 0.153 e.